The van der Waals surface area contributed by atoms with E-state index in [0.717, 1.165) is 45.0 Å². The van der Waals surface area contributed by atoms with Gasteiger partial charge in [-0.2, -0.15) is 0 Å². The highest BCUT2D eigenvalue weighted by atomic mass is 35.5. The molecule has 0 unspecified atom stereocenters. The van der Waals surface area contributed by atoms with Gasteiger partial charge in [0.2, 0.25) is 5.91 Å². The SMILES string of the molecule is C=CC(=O)Nc1cc2c(N(c3ccccc3)c3ccc(F)c(Cl)c3)ncnc2cc1OCCCN1CCOCC1. The van der Waals surface area contributed by atoms with Crippen molar-refractivity contribution in [1.82, 2.24) is 14.9 Å². The summed E-state index contributed by atoms with van der Waals surface area (Å²) in [6.45, 7) is 8.24. The zero-order valence-electron chi connectivity index (χ0n) is 21.9. The molecule has 1 fully saturated rings. The number of amides is 1. The lowest BCUT2D eigenvalue weighted by Crippen LogP contribution is -2.37. The molecule has 1 saturated heterocycles. The molecule has 1 amide bonds. The van der Waals surface area contributed by atoms with Crippen molar-refractivity contribution in [2.75, 3.05) is 49.7 Å². The largest absolute Gasteiger partial charge is 0.491 e. The number of fused-ring (bicyclic) bond motifs is 1. The summed E-state index contributed by atoms with van der Waals surface area (Å²) in [5.74, 6) is 0.120. The van der Waals surface area contributed by atoms with Crippen LogP contribution in [-0.4, -0.2) is 60.2 Å². The Kier molecular flexibility index (Phi) is 8.85. The van der Waals surface area contributed by atoms with Crippen LogP contribution in [0.2, 0.25) is 5.02 Å². The highest BCUT2D eigenvalue weighted by molar-refractivity contribution is 6.31. The smallest absolute Gasteiger partial charge is 0.247 e. The lowest BCUT2D eigenvalue weighted by atomic mass is 10.1. The maximum Gasteiger partial charge on any atom is 0.247 e. The van der Waals surface area contributed by atoms with Crippen LogP contribution in [-0.2, 0) is 9.53 Å². The van der Waals surface area contributed by atoms with Crippen molar-refractivity contribution in [2.45, 2.75) is 6.42 Å². The van der Waals surface area contributed by atoms with Crippen molar-refractivity contribution in [3.05, 3.63) is 90.5 Å². The molecule has 0 radical (unpaired) electrons. The monoisotopic (exact) mass is 561 g/mol. The summed E-state index contributed by atoms with van der Waals surface area (Å²) in [5, 5.41) is 3.49. The summed E-state index contributed by atoms with van der Waals surface area (Å²) in [7, 11) is 0. The molecule has 10 heteroatoms. The minimum atomic E-state index is -0.518. The van der Waals surface area contributed by atoms with Crippen LogP contribution in [0.4, 0.5) is 27.3 Å². The van der Waals surface area contributed by atoms with Crippen LogP contribution in [0.1, 0.15) is 6.42 Å². The summed E-state index contributed by atoms with van der Waals surface area (Å²) in [6, 6.07) is 17.6. The Morgan fingerprint density at radius 1 is 1.12 bits per heavy atom. The molecule has 40 heavy (non-hydrogen) atoms. The zero-order chi connectivity index (χ0) is 27.9. The second-order valence-corrected chi connectivity index (χ2v) is 9.59. The average Bonchev–Trinajstić information content (AvgIpc) is 2.98. The number of carbonyl (C=O) groups is 1. The maximum atomic E-state index is 14.1. The van der Waals surface area contributed by atoms with E-state index in [1.165, 1.54) is 18.5 Å². The number of morpholine rings is 1. The van der Waals surface area contributed by atoms with Gasteiger partial charge in [0, 0.05) is 42.5 Å². The molecule has 2 heterocycles. The van der Waals surface area contributed by atoms with Gasteiger partial charge < -0.3 is 14.8 Å². The van der Waals surface area contributed by atoms with Crippen molar-refractivity contribution < 1.29 is 18.7 Å². The van der Waals surface area contributed by atoms with Gasteiger partial charge >= 0.3 is 0 Å². The number of aromatic nitrogens is 2. The van der Waals surface area contributed by atoms with Crippen molar-refractivity contribution in [3.63, 3.8) is 0 Å². The highest BCUT2D eigenvalue weighted by Crippen LogP contribution is 2.40. The second kappa shape index (κ2) is 12.9. The third-order valence-electron chi connectivity index (χ3n) is 6.53. The van der Waals surface area contributed by atoms with Gasteiger partial charge in [-0.05, 0) is 48.9 Å². The van der Waals surface area contributed by atoms with Crippen LogP contribution in [0.3, 0.4) is 0 Å². The van der Waals surface area contributed by atoms with Crippen LogP contribution >= 0.6 is 11.6 Å². The summed E-state index contributed by atoms with van der Waals surface area (Å²) >= 11 is 6.16. The molecular weight excluding hydrogens is 533 g/mol. The first kappa shape index (κ1) is 27.5. The fraction of sp³-hybridized carbons (Fsp3) is 0.233. The van der Waals surface area contributed by atoms with Gasteiger partial charge in [-0.3, -0.25) is 14.6 Å². The molecule has 0 aliphatic carbocycles. The highest BCUT2D eigenvalue weighted by Gasteiger charge is 2.20. The number of hydrogen-bond acceptors (Lipinski definition) is 7. The van der Waals surface area contributed by atoms with Crippen molar-refractivity contribution >= 4 is 51.3 Å². The van der Waals surface area contributed by atoms with Gasteiger partial charge in [-0.25, -0.2) is 14.4 Å². The number of anilines is 4. The lowest BCUT2D eigenvalue weighted by Gasteiger charge is -2.26. The first-order chi connectivity index (χ1) is 19.5. The summed E-state index contributed by atoms with van der Waals surface area (Å²) in [6.07, 6.45) is 3.48. The van der Waals surface area contributed by atoms with Crippen LogP contribution in [0.15, 0.2) is 79.6 Å². The van der Waals surface area contributed by atoms with Gasteiger partial charge in [-0.15, -0.1) is 0 Å². The van der Waals surface area contributed by atoms with E-state index in [1.807, 2.05) is 35.2 Å². The average molecular weight is 562 g/mol. The van der Waals surface area contributed by atoms with E-state index in [4.69, 9.17) is 21.1 Å². The number of benzene rings is 3. The third-order valence-corrected chi connectivity index (χ3v) is 6.82. The molecule has 0 spiro atoms. The standard InChI is InChI=1S/C30H29ClFN5O3/c1-2-29(38)35-27-18-23-26(19-28(27)40-14-6-11-36-12-15-39-16-13-36)33-20-34-30(23)37(21-7-4-3-5-8-21)22-9-10-25(32)24(31)17-22/h2-5,7-10,17-20H,1,6,11-16H2,(H,35,38). The molecule has 1 N–H and O–H groups in total. The van der Waals surface area contributed by atoms with E-state index in [0.29, 0.717) is 40.5 Å². The van der Waals surface area contributed by atoms with Crippen LogP contribution < -0.4 is 15.0 Å². The van der Waals surface area contributed by atoms with E-state index >= 15 is 0 Å². The molecule has 0 atom stereocenters. The van der Waals surface area contributed by atoms with Crippen molar-refractivity contribution in [1.29, 1.82) is 0 Å². The van der Waals surface area contributed by atoms with Crippen LogP contribution in [0.5, 0.6) is 5.75 Å². The number of nitrogens with zero attached hydrogens (tertiary/aromatic N) is 4. The quantitative estimate of drug-likeness (QED) is 0.185. The van der Waals surface area contributed by atoms with E-state index in [1.54, 1.807) is 24.3 Å². The van der Waals surface area contributed by atoms with Crippen molar-refractivity contribution in [2.24, 2.45) is 0 Å². The molecule has 3 aromatic carbocycles. The molecule has 1 aromatic heterocycles. The number of halogens is 2. The zero-order valence-corrected chi connectivity index (χ0v) is 22.6. The molecule has 1 aliphatic rings. The van der Waals surface area contributed by atoms with E-state index < -0.39 is 5.82 Å². The number of carbonyl (C=O) groups excluding carboxylic acids is 1. The minimum Gasteiger partial charge on any atom is -0.491 e. The summed E-state index contributed by atoms with van der Waals surface area (Å²) in [4.78, 5) is 25.6. The second-order valence-electron chi connectivity index (χ2n) is 9.18. The number of para-hydroxylation sites is 1. The summed E-state index contributed by atoms with van der Waals surface area (Å²) < 4.78 is 25.6. The Labute approximate surface area is 237 Å². The van der Waals surface area contributed by atoms with Crippen LogP contribution in [0.25, 0.3) is 10.9 Å². The van der Waals surface area contributed by atoms with E-state index in [-0.39, 0.29) is 10.9 Å². The fourth-order valence-corrected chi connectivity index (χ4v) is 4.71. The van der Waals surface area contributed by atoms with Gasteiger partial charge in [-0.1, -0.05) is 36.4 Å². The van der Waals surface area contributed by atoms with Crippen LogP contribution in [0, 0.1) is 5.82 Å². The molecule has 0 saturated carbocycles. The third kappa shape index (κ3) is 6.39. The molecule has 4 aromatic rings. The van der Waals surface area contributed by atoms with E-state index in [9.17, 15) is 9.18 Å². The topological polar surface area (TPSA) is 79.8 Å². The van der Waals surface area contributed by atoms with Gasteiger partial charge in [0.1, 0.15) is 23.7 Å². The number of hydrogen-bond donors (Lipinski definition) is 1. The Bertz CT molecular complexity index is 1500. The predicted octanol–water partition coefficient (Wildman–Crippen LogP) is 6.12. The van der Waals surface area contributed by atoms with E-state index in [2.05, 4.69) is 26.8 Å². The summed E-state index contributed by atoms with van der Waals surface area (Å²) in [5.41, 5.74) is 2.46. The minimum absolute atomic E-state index is 0.0107. The lowest BCUT2D eigenvalue weighted by molar-refractivity contribution is -0.111. The van der Waals surface area contributed by atoms with Gasteiger partial charge in [0.15, 0.2) is 0 Å². The Balaban J connectivity index is 1.53. The predicted molar refractivity (Wildman–Crippen MR) is 155 cm³/mol. The Morgan fingerprint density at radius 2 is 1.93 bits per heavy atom. The number of rotatable bonds is 10. The van der Waals surface area contributed by atoms with Gasteiger partial charge in [0.05, 0.1) is 36.0 Å². The number of nitrogens with one attached hydrogen (secondary N) is 1. The first-order valence-corrected chi connectivity index (χ1v) is 13.4. The molecule has 0 bridgehead atoms. The molecule has 206 valence electrons. The number of ether oxygens (including phenoxy) is 2. The maximum absolute atomic E-state index is 14.1. The molecule has 8 nitrogen and oxygen atoms in total. The molecule has 5 rings (SSSR count). The Hall–Kier alpha value is -4.05. The molecular formula is C30H29ClFN5O3. The normalized spacial score (nSPS) is 13.7. The molecule has 1 aliphatic heterocycles. The Morgan fingerprint density at radius 3 is 2.67 bits per heavy atom. The first-order valence-electron chi connectivity index (χ1n) is 13.0. The van der Waals surface area contributed by atoms with Gasteiger partial charge in [0.25, 0.3) is 0 Å². The fourth-order valence-electron chi connectivity index (χ4n) is 4.54. The van der Waals surface area contributed by atoms with Crippen molar-refractivity contribution in [3.8, 4) is 5.75 Å².